The molecule has 0 amide bonds. The van der Waals surface area contributed by atoms with Gasteiger partial charge in [-0.2, -0.15) is 0 Å². The highest BCUT2D eigenvalue weighted by Crippen LogP contribution is 2.37. The number of hydrogen-bond acceptors (Lipinski definition) is 4. The third-order valence-corrected chi connectivity index (χ3v) is 3.95. The van der Waals surface area contributed by atoms with Gasteiger partial charge in [0.05, 0.1) is 18.2 Å². The molecule has 4 nitrogen and oxygen atoms in total. The van der Waals surface area contributed by atoms with Crippen LogP contribution < -0.4 is 10.1 Å². The maximum absolute atomic E-state index is 9.02. The Labute approximate surface area is 128 Å². The van der Waals surface area contributed by atoms with Gasteiger partial charge in [-0.05, 0) is 31.0 Å². The largest absolute Gasteiger partial charge is 0.492 e. The number of para-hydroxylation sites is 1. The summed E-state index contributed by atoms with van der Waals surface area (Å²) >= 11 is 6.22. The first-order chi connectivity index (χ1) is 10.3. The zero-order valence-electron chi connectivity index (χ0n) is 11.6. The fourth-order valence-corrected chi connectivity index (χ4v) is 2.84. The molecule has 1 unspecified atom stereocenters. The van der Waals surface area contributed by atoms with Gasteiger partial charge in [-0.15, -0.1) is 0 Å². The Bertz CT molecular complexity index is 611. The van der Waals surface area contributed by atoms with Gasteiger partial charge in [-0.3, -0.25) is 0 Å². The number of aliphatic hydroxyl groups is 1. The van der Waals surface area contributed by atoms with Gasteiger partial charge in [0.2, 0.25) is 0 Å². The minimum Gasteiger partial charge on any atom is -0.492 e. The van der Waals surface area contributed by atoms with Crippen molar-refractivity contribution in [1.29, 1.82) is 0 Å². The van der Waals surface area contributed by atoms with E-state index in [-0.39, 0.29) is 12.6 Å². The number of rotatable bonds is 4. The predicted molar refractivity (Wildman–Crippen MR) is 80.4 cm³/mol. The monoisotopic (exact) mass is 307 g/mol. The molecule has 0 aliphatic carbocycles. The average Bonchev–Trinajstić information content (AvgIpc) is 2.86. The lowest BCUT2D eigenvalue weighted by Gasteiger charge is -2.18. The molecule has 1 aliphatic rings. The van der Waals surface area contributed by atoms with Gasteiger partial charge in [-0.1, -0.05) is 23.7 Å². The number of ether oxygens (including phenoxy) is 1. The van der Waals surface area contributed by atoms with Gasteiger partial charge < -0.3 is 19.6 Å². The minimum absolute atomic E-state index is 0.0737. The highest BCUT2D eigenvalue weighted by molar-refractivity contribution is 6.32. The van der Waals surface area contributed by atoms with E-state index in [0.717, 1.165) is 29.9 Å². The Hall–Kier alpha value is -1.49. The van der Waals surface area contributed by atoms with E-state index in [1.165, 1.54) is 0 Å². The van der Waals surface area contributed by atoms with Crippen LogP contribution in [-0.4, -0.2) is 11.7 Å². The van der Waals surface area contributed by atoms with E-state index < -0.39 is 0 Å². The second-order valence-electron chi connectivity index (χ2n) is 5.11. The van der Waals surface area contributed by atoms with Gasteiger partial charge in [0, 0.05) is 11.6 Å². The molecule has 2 aromatic rings. The summed E-state index contributed by atoms with van der Waals surface area (Å²) in [5.74, 6) is 2.18. The second kappa shape index (κ2) is 6.52. The Balaban J connectivity index is 1.75. The first-order valence-electron chi connectivity index (χ1n) is 7.11. The Morgan fingerprint density at radius 3 is 2.90 bits per heavy atom. The zero-order chi connectivity index (χ0) is 14.7. The topological polar surface area (TPSA) is 54.6 Å². The number of benzene rings is 1. The summed E-state index contributed by atoms with van der Waals surface area (Å²) in [7, 11) is 0. The molecule has 0 saturated carbocycles. The van der Waals surface area contributed by atoms with Crippen LogP contribution in [0.5, 0.6) is 5.75 Å². The van der Waals surface area contributed by atoms with Crippen molar-refractivity contribution in [2.45, 2.75) is 32.0 Å². The molecule has 0 radical (unpaired) electrons. The highest BCUT2D eigenvalue weighted by atomic mass is 35.5. The van der Waals surface area contributed by atoms with Crippen LogP contribution >= 0.6 is 11.6 Å². The van der Waals surface area contributed by atoms with Gasteiger partial charge in [0.15, 0.2) is 0 Å². The van der Waals surface area contributed by atoms with Crippen molar-refractivity contribution in [3.63, 3.8) is 0 Å². The lowest BCUT2D eigenvalue weighted by molar-refractivity contribution is 0.242. The maximum Gasteiger partial charge on any atom is 0.142 e. The fraction of sp³-hybridized carbons (Fsp3) is 0.375. The van der Waals surface area contributed by atoms with Crippen molar-refractivity contribution >= 4 is 11.6 Å². The Morgan fingerprint density at radius 1 is 1.24 bits per heavy atom. The molecule has 2 N–H and O–H groups in total. The van der Waals surface area contributed by atoms with E-state index in [1.807, 2.05) is 24.3 Å². The number of hydrogen-bond donors (Lipinski definition) is 2. The zero-order valence-corrected chi connectivity index (χ0v) is 12.4. The summed E-state index contributed by atoms with van der Waals surface area (Å²) in [6.45, 7) is 1.22. The third-order valence-electron chi connectivity index (χ3n) is 3.65. The van der Waals surface area contributed by atoms with E-state index >= 15 is 0 Å². The summed E-state index contributed by atoms with van der Waals surface area (Å²) in [6, 6.07) is 9.70. The van der Waals surface area contributed by atoms with Crippen LogP contribution in [0.25, 0.3) is 0 Å². The van der Waals surface area contributed by atoms with Gasteiger partial charge >= 0.3 is 0 Å². The van der Waals surface area contributed by atoms with Crippen LogP contribution in [0, 0.1) is 0 Å². The number of nitrogens with one attached hydrogen (secondary N) is 1. The first kappa shape index (κ1) is 14.4. The normalized spacial score (nSPS) is 17.9. The summed E-state index contributed by atoms with van der Waals surface area (Å²) in [6.07, 6.45) is 1.96. The molecule has 1 aromatic carbocycles. The Morgan fingerprint density at radius 2 is 2.10 bits per heavy atom. The lowest BCUT2D eigenvalue weighted by atomic mass is 10.0. The van der Waals surface area contributed by atoms with E-state index in [4.69, 9.17) is 25.9 Å². The number of halogens is 1. The quantitative estimate of drug-likeness (QED) is 0.908. The Kier molecular flexibility index (Phi) is 4.48. The van der Waals surface area contributed by atoms with E-state index in [9.17, 15) is 0 Å². The average molecular weight is 308 g/mol. The van der Waals surface area contributed by atoms with E-state index in [2.05, 4.69) is 5.32 Å². The molecule has 0 spiro atoms. The van der Waals surface area contributed by atoms with Crippen LogP contribution in [0.2, 0.25) is 5.02 Å². The minimum atomic E-state index is -0.0737. The molecule has 2 heterocycles. The second-order valence-corrected chi connectivity index (χ2v) is 5.52. The van der Waals surface area contributed by atoms with Crippen molar-refractivity contribution < 1.29 is 14.3 Å². The van der Waals surface area contributed by atoms with Crippen LogP contribution in [0.3, 0.4) is 0 Å². The summed E-state index contributed by atoms with van der Waals surface area (Å²) in [4.78, 5) is 0. The van der Waals surface area contributed by atoms with Crippen molar-refractivity contribution in [2.24, 2.45) is 0 Å². The van der Waals surface area contributed by atoms with Crippen LogP contribution in [0.15, 0.2) is 34.7 Å². The molecule has 112 valence electrons. The molecule has 0 bridgehead atoms. The maximum atomic E-state index is 9.02. The number of aliphatic hydroxyl groups excluding tert-OH is 1. The van der Waals surface area contributed by atoms with Crippen molar-refractivity contribution in [1.82, 2.24) is 5.32 Å². The lowest BCUT2D eigenvalue weighted by Crippen LogP contribution is -2.20. The SMILES string of the molecule is OCc1ccc(CNC2CCCOc3c(Cl)cccc32)o1. The molecule has 1 atom stereocenters. The molecule has 0 saturated heterocycles. The van der Waals surface area contributed by atoms with E-state index in [1.54, 1.807) is 6.07 Å². The van der Waals surface area contributed by atoms with Gasteiger partial charge in [0.25, 0.3) is 0 Å². The summed E-state index contributed by atoms with van der Waals surface area (Å²) in [5, 5.41) is 13.2. The van der Waals surface area contributed by atoms with Crippen molar-refractivity contribution in [3.8, 4) is 5.75 Å². The molecule has 5 heteroatoms. The van der Waals surface area contributed by atoms with Gasteiger partial charge in [0.1, 0.15) is 23.9 Å². The molecular weight excluding hydrogens is 290 g/mol. The molecule has 1 aliphatic heterocycles. The highest BCUT2D eigenvalue weighted by Gasteiger charge is 2.21. The van der Waals surface area contributed by atoms with E-state index in [0.29, 0.717) is 23.9 Å². The smallest absolute Gasteiger partial charge is 0.142 e. The molecular formula is C16H18ClNO3. The molecule has 21 heavy (non-hydrogen) atoms. The molecule has 1 aromatic heterocycles. The van der Waals surface area contributed by atoms with Crippen LogP contribution in [0.4, 0.5) is 0 Å². The van der Waals surface area contributed by atoms with Crippen LogP contribution in [-0.2, 0) is 13.2 Å². The summed E-state index contributed by atoms with van der Waals surface area (Å²) in [5.41, 5.74) is 1.09. The fourth-order valence-electron chi connectivity index (χ4n) is 2.61. The molecule has 3 rings (SSSR count). The van der Waals surface area contributed by atoms with Crippen LogP contribution in [0.1, 0.15) is 36.0 Å². The van der Waals surface area contributed by atoms with Gasteiger partial charge in [-0.25, -0.2) is 0 Å². The third kappa shape index (κ3) is 3.23. The predicted octanol–water partition coefficient (Wildman–Crippen LogP) is 3.43. The summed E-state index contributed by atoms with van der Waals surface area (Å²) < 4.78 is 11.3. The van der Waals surface area contributed by atoms with Crippen molar-refractivity contribution in [3.05, 3.63) is 52.4 Å². The standard InChI is InChI=1S/C16H18ClNO3/c17-14-4-1-3-13-15(5-2-8-20-16(13)14)18-9-11-6-7-12(10-19)21-11/h1,3-4,6-7,15,18-19H,2,5,8-10H2. The first-order valence-corrected chi connectivity index (χ1v) is 7.49. The number of fused-ring (bicyclic) bond motifs is 1. The van der Waals surface area contributed by atoms with Crippen molar-refractivity contribution in [2.75, 3.05) is 6.61 Å². The molecule has 0 fully saturated rings. The number of furan rings is 1.